The second kappa shape index (κ2) is 9.35. The molecule has 2 N–H and O–H groups in total. The second-order valence-corrected chi connectivity index (χ2v) is 8.78. The molecular formula is C27H31NO4. The van der Waals surface area contributed by atoms with Crippen LogP contribution >= 0.6 is 0 Å². The molecule has 5 heteroatoms. The third-order valence-electron chi connectivity index (χ3n) is 5.61. The number of benzene rings is 3. The lowest BCUT2D eigenvalue weighted by atomic mass is 9.83. The topological polar surface area (TPSA) is 70.0 Å². The van der Waals surface area contributed by atoms with Crippen molar-refractivity contribution in [2.45, 2.75) is 40.0 Å². The van der Waals surface area contributed by atoms with Crippen molar-refractivity contribution in [1.82, 2.24) is 0 Å². The molecule has 0 aromatic heterocycles. The molecule has 0 saturated heterocycles. The lowest BCUT2D eigenvalue weighted by Gasteiger charge is -2.30. The van der Waals surface area contributed by atoms with Gasteiger partial charge in [-0.25, -0.2) is 4.79 Å². The van der Waals surface area contributed by atoms with Gasteiger partial charge in [-0.1, -0.05) is 45.0 Å². The van der Waals surface area contributed by atoms with Gasteiger partial charge < -0.3 is 19.8 Å². The third kappa shape index (κ3) is 5.05. The number of carbonyl (C=O) groups is 1. The minimum absolute atomic E-state index is 0.0544. The van der Waals surface area contributed by atoms with Crippen LogP contribution in [0.2, 0.25) is 0 Å². The first-order valence-electron chi connectivity index (χ1n) is 10.9. The second-order valence-electron chi connectivity index (χ2n) is 8.78. The van der Waals surface area contributed by atoms with Crippen molar-refractivity contribution in [2.24, 2.45) is 0 Å². The van der Waals surface area contributed by atoms with E-state index in [2.05, 4.69) is 62.5 Å². The first-order chi connectivity index (χ1) is 15.1. The molecule has 0 radical (unpaired) electrons. The van der Waals surface area contributed by atoms with Gasteiger partial charge in [-0.05, 0) is 77.9 Å². The van der Waals surface area contributed by atoms with Crippen molar-refractivity contribution in [1.29, 1.82) is 0 Å². The number of hydrogen-bond donors (Lipinski definition) is 2. The van der Waals surface area contributed by atoms with Gasteiger partial charge in [0.1, 0.15) is 11.5 Å². The molecule has 0 aliphatic rings. The van der Waals surface area contributed by atoms with Gasteiger partial charge in [-0.15, -0.1) is 0 Å². The summed E-state index contributed by atoms with van der Waals surface area (Å²) in [5.74, 6) is 0.483. The number of ether oxygens (including phenoxy) is 1. The smallest absolute Gasteiger partial charge is 0.507 e. The van der Waals surface area contributed by atoms with Crippen LogP contribution < -0.4 is 9.64 Å². The van der Waals surface area contributed by atoms with E-state index in [1.165, 1.54) is 11.3 Å². The quantitative estimate of drug-likeness (QED) is 0.326. The Bertz CT molecular complexity index is 1090. The molecule has 0 amide bonds. The molecule has 32 heavy (non-hydrogen) atoms. The first kappa shape index (κ1) is 23.2. The van der Waals surface area contributed by atoms with E-state index in [0.717, 1.165) is 35.3 Å². The van der Waals surface area contributed by atoms with Gasteiger partial charge in [0.05, 0.1) is 0 Å². The van der Waals surface area contributed by atoms with Crippen molar-refractivity contribution >= 4 is 11.8 Å². The average Bonchev–Trinajstić information content (AvgIpc) is 2.75. The van der Waals surface area contributed by atoms with E-state index in [9.17, 15) is 9.90 Å². The van der Waals surface area contributed by atoms with Gasteiger partial charge in [0.25, 0.3) is 0 Å². The van der Waals surface area contributed by atoms with E-state index in [1.807, 2.05) is 12.1 Å². The standard InChI is InChI=1S/C27H31NO4/c1-6-28(7-2)24-14-10-20(17-23(24)27(3,4)5)22-16-19(11-15-25(22)29)18-8-12-21(13-9-18)32-26(30)31/h8-17,29H,6-7H2,1-5H3,(H,30,31). The SMILES string of the molecule is CCN(CC)c1ccc(-c2cc(-c3ccc(OC(=O)O)cc3)ccc2O)cc1C(C)(C)C. The van der Waals surface area contributed by atoms with Gasteiger partial charge in [0.15, 0.2) is 0 Å². The minimum Gasteiger partial charge on any atom is -0.507 e. The third-order valence-corrected chi connectivity index (χ3v) is 5.61. The van der Waals surface area contributed by atoms with Crippen LogP contribution in [0.1, 0.15) is 40.2 Å². The first-order valence-corrected chi connectivity index (χ1v) is 10.9. The van der Waals surface area contributed by atoms with E-state index in [0.29, 0.717) is 0 Å². The van der Waals surface area contributed by atoms with Crippen LogP contribution in [-0.4, -0.2) is 29.5 Å². The molecule has 3 rings (SSSR count). The number of rotatable bonds is 6. The van der Waals surface area contributed by atoms with Crippen molar-refractivity contribution < 1.29 is 19.7 Å². The summed E-state index contributed by atoms with van der Waals surface area (Å²) < 4.78 is 4.68. The van der Waals surface area contributed by atoms with E-state index < -0.39 is 6.16 Å². The molecule has 0 fully saturated rings. The molecule has 0 spiro atoms. The Morgan fingerprint density at radius 1 is 0.875 bits per heavy atom. The van der Waals surface area contributed by atoms with Crippen LogP contribution in [0.25, 0.3) is 22.3 Å². The van der Waals surface area contributed by atoms with E-state index in [4.69, 9.17) is 5.11 Å². The highest BCUT2D eigenvalue weighted by Gasteiger charge is 2.22. The number of carboxylic acid groups (broad SMARTS) is 1. The van der Waals surface area contributed by atoms with Crippen LogP contribution in [0.5, 0.6) is 11.5 Å². The molecule has 0 atom stereocenters. The number of anilines is 1. The maximum Gasteiger partial charge on any atom is 0.511 e. The number of phenols is 1. The van der Waals surface area contributed by atoms with Crippen LogP contribution in [0.4, 0.5) is 10.5 Å². The van der Waals surface area contributed by atoms with Gasteiger partial charge in [0, 0.05) is 24.3 Å². The van der Waals surface area contributed by atoms with Crippen molar-refractivity contribution in [3.8, 4) is 33.8 Å². The molecule has 0 saturated carbocycles. The highest BCUT2D eigenvalue weighted by Crippen LogP contribution is 2.39. The van der Waals surface area contributed by atoms with Crippen LogP contribution in [0.15, 0.2) is 60.7 Å². The fourth-order valence-electron chi connectivity index (χ4n) is 3.91. The average molecular weight is 434 g/mol. The maximum atomic E-state index is 10.7. The normalized spacial score (nSPS) is 11.3. The Kier molecular flexibility index (Phi) is 6.78. The van der Waals surface area contributed by atoms with Crippen molar-refractivity contribution in [3.05, 3.63) is 66.2 Å². The highest BCUT2D eigenvalue weighted by molar-refractivity contribution is 5.79. The summed E-state index contributed by atoms with van der Waals surface area (Å²) in [6.45, 7) is 12.8. The van der Waals surface area contributed by atoms with E-state index in [1.54, 1.807) is 30.3 Å². The van der Waals surface area contributed by atoms with E-state index in [-0.39, 0.29) is 16.9 Å². The lowest BCUT2D eigenvalue weighted by molar-refractivity contribution is 0.144. The molecule has 5 nitrogen and oxygen atoms in total. The van der Waals surface area contributed by atoms with Gasteiger partial charge in [-0.3, -0.25) is 0 Å². The van der Waals surface area contributed by atoms with Crippen molar-refractivity contribution in [3.63, 3.8) is 0 Å². The Labute approximate surface area is 189 Å². The zero-order valence-corrected chi connectivity index (χ0v) is 19.3. The Balaban J connectivity index is 2.05. The monoisotopic (exact) mass is 433 g/mol. The van der Waals surface area contributed by atoms with Crippen LogP contribution in [0.3, 0.4) is 0 Å². The predicted molar refractivity (Wildman–Crippen MR) is 130 cm³/mol. The van der Waals surface area contributed by atoms with Crippen molar-refractivity contribution in [2.75, 3.05) is 18.0 Å². The lowest BCUT2D eigenvalue weighted by Crippen LogP contribution is -2.26. The summed E-state index contributed by atoms with van der Waals surface area (Å²) in [6, 6.07) is 18.7. The minimum atomic E-state index is -1.34. The molecule has 3 aromatic rings. The fraction of sp³-hybridized carbons (Fsp3) is 0.296. The number of nitrogens with zero attached hydrogens (tertiary/aromatic N) is 1. The number of aromatic hydroxyl groups is 1. The van der Waals surface area contributed by atoms with Gasteiger partial charge >= 0.3 is 6.16 Å². The summed E-state index contributed by atoms with van der Waals surface area (Å²) in [5, 5.41) is 19.4. The number of hydrogen-bond acceptors (Lipinski definition) is 4. The molecule has 0 unspecified atom stereocenters. The van der Waals surface area contributed by atoms with Crippen LogP contribution in [-0.2, 0) is 5.41 Å². The summed E-state index contributed by atoms with van der Waals surface area (Å²) in [7, 11) is 0. The maximum absolute atomic E-state index is 10.7. The molecule has 3 aromatic carbocycles. The molecule has 0 aliphatic carbocycles. The summed E-state index contributed by atoms with van der Waals surface area (Å²) in [4.78, 5) is 13.1. The zero-order chi connectivity index (χ0) is 23.5. The van der Waals surface area contributed by atoms with E-state index >= 15 is 0 Å². The highest BCUT2D eigenvalue weighted by atomic mass is 16.7. The van der Waals surface area contributed by atoms with Gasteiger partial charge in [0.2, 0.25) is 0 Å². The molecule has 0 bridgehead atoms. The molecule has 168 valence electrons. The van der Waals surface area contributed by atoms with Crippen LogP contribution in [0, 0.1) is 0 Å². The Hall–Kier alpha value is -3.47. The molecule has 0 aliphatic heterocycles. The number of phenolic OH excluding ortho intramolecular Hbond substituents is 1. The Morgan fingerprint density at radius 2 is 1.47 bits per heavy atom. The van der Waals surface area contributed by atoms with Gasteiger partial charge in [-0.2, -0.15) is 0 Å². The predicted octanol–water partition coefficient (Wildman–Crippen LogP) is 6.93. The Morgan fingerprint density at radius 3 is 2.03 bits per heavy atom. The molecule has 0 heterocycles. The zero-order valence-electron chi connectivity index (χ0n) is 19.3. The fourth-order valence-corrected chi connectivity index (χ4v) is 3.91. The summed E-state index contributed by atoms with van der Waals surface area (Å²) in [5.41, 5.74) is 5.93. The largest absolute Gasteiger partial charge is 0.511 e. The summed E-state index contributed by atoms with van der Waals surface area (Å²) >= 11 is 0. The molecular weight excluding hydrogens is 402 g/mol. The summed E-state index contributed by atoms with van der Waals surface area (Å²) in [6.07, 6.45) is -1.34.